The van der Waals surface area contributed by atoms with Crippen molar-refractivity contribution in [3.8, 4) is 0 Å². The van der Waals surface area contributed by atoms with E-state index in [1.165, 1.54) is 0 Å². The van der Waals surface area contributed by atoms with Crippen LogP contribution in [0.3, 0.4) is 0 Å². The molecule has 0 aliphatic heterocycles. The molecule has 0 aromatic carbocycles. The van der Waals surface area contributed by atoms with E-state index in [9.17, 15) is 4.57 Å². The van der Waals surface area contributed by atoms with Gasteiger partial charge in [-0.15, -0.1) is 0 Å². The van der Waals surface area contributed by atoms with Crippen molar-refractivity contribution in [3.63, 3.8) is 0 Å². The molecule has 0 radical (unpaired) electrons. The van der Waals surface area contributed by atoms with Gasteiger partial charge in [0.25, 0.3) is 0 Å². The molecule has 2 N–H and O–H groups in total. The van der Waals surface area contributed by atoms with Crippen LogP contribution in [0.4, 0.5) is 0 Å². The molecule has 0 aromatic rings. The second-order valence-electron chi connectivity index (χ2n) is 0.692. The maximum absolute atomic E-state index is 9.47. The second-order valence-corrected chi connectivity index (χ2v) is 1.88. The average Bonchev–Trinajstić information content (AvgIpc) is 1.69. The molecule has 0 fully saturated rings. The van der Waals surface area contributed by atoms with Crippen LogP contribution in [0.15, 0.2) is 0 Å². The molecule has 0 bridgehead atoms. The number of carbonyl (C=O) groups excluding carboxylic acids is 1. The van der Waals surface area contributed by atoms with Crippen molar-refractivity contribution < 1.29 is 47.4 Å². The van der Waals surface area contributed by atoms with Gasteiger partial charge in [-0.1, -0.05) is 0 Å². The first-order valence-corrected chi connectivity index (χ1v) is 3.61. The maximum atomic E-state index is 9.47. The minimum atomic E-state index is -4.53. The normalized spacial score (nSPS) is 8.56. The van der Waals surface area contributed by atoms with Crippen molar-refractivity contribution >= 4 is 14.3 Å². The van der Waals surface area contributed by atoms with E-state index in [2.05, 4.69) is 4.52 Å². The van der Waals surface area contributed by atoms with E-state index in [4.69, 9.17) is 17.9 Å². The van der Waals surface area contributed by atoms with E-state index in [0.717, 1.165) is 20.4 Å². The summed E-state index contributed by atoms with van der Waals surface area (Å²) >= 11 is 0.750. The standard InChI is InChI=1S/CH3O5P.O.Ti/c2-1-6-7(3,4)5;;/h1H,(H2,3,4,5);;. The molecular formula is CH3O6PTi. The molecule has 0 aromatic heterocycles. The summed E-state index contributed by atoms with van der Waals surface area (Å²) in [6.07, 6.45) is 0. The fraction of sp³-hybridized carbons (Fsp3) is 0. The summed E-state index contributed by atoms with van der Waals surface area (Å²) in [5, 5.41) is 0. The van der Waals surface area contributed by atoms with Crippen molar-refractivity contribution in [3.05, 3.63) is 0 Å². The third-order valence-electron chi connectivity index (χ3n) is 0.180. The second kappa shape index (κ2) is 6.26. The molecule has 0 atom stereocenters. The Labute approximate surface area is 62.2 Å². The molecule has 0 aliphatic carbocycles. The van der Waals surface area contributed by atoms with Crippen LogP contribution in [0.2, 0.25) is 0 Å². The monoisotopic (exact) mass is 190 g/mol. The SMILES string of the molecule is O=COP(=O)(O)O.[O]=[Ti]. The van der Waals surface area contributed by atoms with Crippen molar-refractivity contribution in [1.82, 2.24) is 0 Å². The summed E-state index contributed by atoms with van der Waals surface area (Å²) in [7, 11) is -4.53. The van der Waals surface area contributed by atoms with Crippen molar-refractivity contribution in [2.24, 2.45) is 0 Å². The van der Waals surface area contributed by atoms with Crippen LogP contribution in [0.1, 0.15) is 0 Å². The molecule has 9 heavy (non-hydrogen) atoms. The molecule has 0 spiro atoms. The quantitative estimate of drug-likeness (QED) is 0.333. The van der Waals surface area contributed by atoms with E-state index in [0.29, 0.717) is 0 Å². The van der Waals surface area contributed by atoms with E-state index in [1.54, 1.807) is 0 Å². The number of carbonyl (C=O) groups is 1. The predicted octanol–water partition coefficient (Wildman–Crippen LogP) is -0.869. The molecule has 0 rings (SSSR count). The zero-order valence-electron chi connectivity index (χ0n) is 4.05. The van der Waals surface area contributed by atoms with Crippen molar-refractivity contribution in [2.75, 3.05) is 0 Å². The Balaban J connectivity index is 0. The zero-order valence-corrected chi connectivity index (χ0v) is 6.51. The van der Waals surface area contributed by atoms with Gasteiger partial charge in [0.15, 0.2) is 0 Å². The van der Waals surface area contributed by atoms with Gasteiger partial charge >= 0.3 is 38.0 Å². The first kappa shape index (κ1) is 11.9. The molecule has 8 heteroatoms. The van der Waals surface area contributed by atoms with Gasteiger partial charge in [-0.05, 0) is 0 Å². The molecule has 0 amide bonds. The predicted molar refractivity (Wildman–Crippen MR) is 19.9 cm³/mol. The van der Waals surface area contributed by atoms with Crippen LogP contribution in [0, 0.1) is 0 Å². The van der Waals surface area contributed by atoms with Gasteiger partial charge in [-0.2, -0.15) is 0 Å². The number of rotatable bonds is 2. The Morgan fingerprint density at radius 2 is 1.78 bits per heavy atom. The molecule has 0 unspecified atom stereocenters. The molecule has 6 nitrogen and oxygen atoms in total. The van der Waals surface area contributed by atoms with Crippen LogP contribution in [0.5, 0.6) is 0 Å². The van der Waals surface area contributed by atoms with Gasteiger partial charge in [-0.3, -0.25) is 14.6 Å². The molecular weight excluding hydrogens is 187 g/mol. The Morgan fingerprint density at radius 3 is 1.78 bits per heavy atom. The van der Waals surface area contributed by atoms with Crippen LogP contribution >= 0.6 is 7.82 Å². The van der Waals surface area contributed by atoms with Gasteiger partial charge in [0.2, 0.25) is 0 Å². The number of hydrogen-bond donors (Lipinski definition) is 2. The fourth-order valence-electron chi connectivity index (χ4n) is 0.0561. The van der Waals surface area contributed by atoms with Gasteiger partial charge in [0.1, 0.15) is 0 Å². The average molecular weight is 190 g/mol. The Kier molecular flexibility index (Phi) is 8.26. The van der Waals surface area contributed by atoms with Gasteiger partial charge in [0.05, 0.1) is 0 Å². The number of hydrogen-bond acceptors (Lipinski definition) is 4. The summed E-state index contributed by atoms with van der Waals surface area (Å²) in [4.78, 5) is 24.5. The van der Waals surface area contributed by atoms with E-state index in [1.807, 2.05) is 0 Å². The fourth-order valence-corrected chi connectivity index (χ4v) is 0.168. The van der Waals surface area contributed by atoms with E-state index < -0.39 is 7.82 Å². The zero-order chi connectivity index (χ0) is 7.91. The summed E-state index contributed by atoms with van der Waals surface area (Å²) in [5.41, 5.74) is 0. The Bertz CT molecular complexity index is 116. The number of phosphoric acid groups is 1. The molecule has 0 aliphatic rings. The van der Waals surface area contributed by atoms with Crippen LogP contribution < -0.4 is 0 Å². The molecule has 0 saturated heterocycles. The minimum absolute atomic E-state index is 0.305. The summed E-state index contributed by atoms with van der Waals surface area (Å²) in [6.45, 7) is -0.305. The van der Waals surface area contributed by atoms with Gasteiger partial charge < -0.3 is 4.52 Å². The topological polar surface area (TPSA) is 101 Å². The van der Waals surface area contributed by atoms with E-state index >= 15 is 0 Å². The summed E-state index contributed by atoms with van der Waals surface area (Å²) < 4.78 is 20.9. The number of phosphoric ester groups is 1. The van der Waals surface area contributed by atoms with Crippen LogP contribution in [-0.4, -0.2) is 16.3 Å². The van der Waals surface area contributed by atoms with Crippen molar-refractivity contribution in [2.45, 2.75) is 0 Å². The molecule has 0 saturated carbocycles. The Morgan fingerprint density at radius 1 is 1.44 bits per heavy atom. The summed E-state index contributed by atoms with van der Waals surface area (Å²) in [6, 6.07) is 0. The molecule has 0 heterocycles. The molecule has 52 valence electrons. The summed E-state index contributed by atoms with van der Waals surface area (Å²) in [5.74, 6) is 0. The van der Waals surface area contributed by atoms with E-state index in [-0.39, 0.29) is 6.47 Å². The Hall–Kier alpha value is 0.134. The third kappa shape index (κ3) is 17.9. The third-order valence-corrected chi connectivity index (χ3v) is 0.541. The van der Waals surface area contributed by atoms with Crippen molar-refractivity contribution in [1.29, 1.82) is 0 Å². The van der Waals surface area contributed by atoms with Gasteiger partial charge in [0, 0.05) is 0 Å². The van der Waals surface area contributed by atoms with Gasteiger partial charge in [-0.25, -0.2) is 4.57 Å². The first-order chi connectivity index (χ1) is 4.06. The van der Waals surface area contributed by atoms with Crippen LogP contribution in [-0.2, 0) is 37.6 Å². The first-order valence-electron chi connectivity index (χ1n) is 1.44. The van der Waals surface area contributed by atoms with Crippen LogP contribution in [0.25, 0.3) is 0 Å².